The molecule has 0 spiro atoms. The molecular formula is C16H16N2O4S2. The molecular weight excluding hydrogens is 348 g/mol. The smallest absolute Gasteiger partial charge is 0.251 e. The molecule has 1 aromatic carbocycles. The predicted molar refractivity (Wildman–Crippen MR) is 94.2 cm³/mol. The number of primary amides is 1. The monoisotopic (exact) mass is 364 g/mol. The summed E-state index contributed by atoms with van der Waals surface area (Å²) in [6.07, 6.45) is 0.850. The first-order valence-corrected chi connectivity index (χ1v) is 9.19. The molecule has 0 bridgehead atoms. The summed E-state index contributed by atoms with van der Waals surface area (Å²) in [6, 6.07) is 7.22. The summed E-state index contributed by atoms with van der Waals surface area (Å²) in [6.45, 7) is 1.26. The van der Waals surface area contributed by atoms with Crippen molar-refractivity contribution in [3.63, 3.8) is 0 Å². The van der Waals surface area contributed by atoms with Gasteiger partial charge in [-0.15, -0.1) is 23.1 Å². The number of thioether (sulfide) groups is 1. The lowest BCUT2D eigenvalue weighted by atomic mass is 10.3. The number of rotatable bonds is 5. The third kappa shape index (κ3) is 4.01. The Kier molecular flexibility index (Phi) is 5.27. The standard InChI is InChI=1S/C16H16N2O4S2/c17-15(20)11-4-7-23-16(11)18-14(19)9-24-10-2-3-12-13(8-10)22-6-1-5-21-12/h2-4,7-8H,1,5-6,9H2,(H2,17,20)(H,18,19). The normalized spacial score (nSPS) is 13.2. The van der Waals surface area contributed by atoms with Gasteiger partial charge in [-0.1, -0.05) is 0 Å². The van der Waals surface area contributed by atoms with Crippen LogP contribution in [0.4, 0.5) is 5.00 Å². The SMILES string of the molecule is NC(=O)c1ccsc1NC(=O)CSc1ccc2c(c1)OCCCO2. The fourth-order valence-electron chi connectivity index (χ4n) is 2.15. The first-order valence-electron chi connectivity index (χ1n) is 7.33. The van der Waals surface area contributed by atoms with Crippen molar-refractivity contribution in [1.82, 2.24) is 0 Å². The zero-order valence-electron chi connectivity index (χ0n) is 12.7. The van der Waals surface area contributed by atoms with E-state index in [4.69, 9.17) is 15.2 Å². The summed E-state index contributed by atoms with van der Waals surface area (Å²) in [5.74, 6) is 0.896. The van der Waals surface area contributed by atoms with E-state index in [9.17, 15) is 9.59 Å². The molecule has 126 valence electrons. The van der Waals surface area contributed by atoms with Crippen molar-refractivity contribution in [1.29, 1.82) is 0 Å². The Balaban J connectivity index is 1.59. The lowest BCUT2D eigenvalue weighted by Gasteiger charge is -2.09. The molecule has 1 aliphatic heterocycles. The molecule has 0 aliphatic carbocycles. The van der Waals surface area contributed by atoms with Crippen LogP contribution in [0.3, 0.4) is 0 Å². The Morgan fingerprint density at radius 1 is 1.21 bits per heavy atom. The van der Waals surface area contributed by atoms with Crippen LogP contribution < -0.4 is 20.5 Å². The second-order valence-corrected chi connectivity index (χ2v) is 6.99. The number of thiophene rings is 1. The van der Waals surface area contributed by atoms with Crippen molar-refractivity contribution in [3.05, 3.63) is 35.2 Å². The van der Waals surface area contributed by atoms with Crippen LogP contribution in [0.15, 0.2) is 34.5 Å². The van der Waals surface area contributed by atoms with Crippen LogP contribution >= 0.6 is 23.1 Å². The minimum atomic E-state index is -0.554. The Morgan fingerprint density at radius 3 is 2.79 bits per heavy atom. The highest BCUT2D eigenvalue weighted by molar-refractivity contribution is 8.00. The average molecular weight is 364 g/mol. The average Bonchev–Trinajstić information content (AvgIpc) is 2.89. The van der Waals surface area contributed by atoms with Crippen molar-refractivity contribution in [3.8, 4) is 11.5 Å². The number of hydrogen-bond donors (Lipinski definition) is 2. The fourth-order valence-corrected chi connectivity index (χ4v) is 3.68. The molecule has 0 saturated heterocycles. The van der Waals surface area contributed by atoms with E-state index in [2.05, 4.69) is 5.32 Å². The highest BCUT2D eigenvalue weighted by atomic mass is 32.2. The molecule has 0 atom stereocenters. The van der Waals surface area contributed by atoms with Gasteiger partial charge in [0.25, 0.3) is 5.91 Å². The highest BCUT2D eigenvalue weighted by Crippen LogP contribution is 2.34. The van der Waals surface area contributed by atoms with E-state index in [0.717, 1.165) is 17.1 Å². The molecule has 2 amide bonds. The number of hydrogen-bond acceptors (Lipinski definition) is 6. The molecule has 2 aromatic rings. The fraction of sp³-hybridized carbons (Fsp3) is 0.250. The van der Waals surface area contributed by atoms with E-state index in [0.29, 0.717) is 29.5 Å². The summed E-state index contributed by atoms with van der Waals surface area (Å²) in [7, 11) is 0. The zero-order valence-corrected chi connectivity index (χ0v) is 14.4. The van der Waals surface area contributed by atoms with Gasteiger partial charge in [0.05, 0.1) is 24.5 Å². The van der Waals surface area contributed by atoms with Gasteiger partial charge in [-0.3, -0.25) is 9.59 Å². The lowest BCUT2D eigenvalue weighted by Crippen LogP contribution is -2.17. The summed E-state index contributed by atoms with van der Waals surface area (Å²) in [4.78, 5) is 24.2. The van der Waals surface area contributed by atoms with Gasteiger partial charge >= 0.3 is 0 Å². The van der Waals surface area contributed by atoms with Crippen molar-refractivity contribution in [2.24, 2.45) is 5.73 Å². The van der Waals surface area contributed by atoms with Gasteiger partial charge in [-0.05, 0) is 29.6 Å². The summed E-state index contributed by atoms with van der Waals surface area (Å²) in [5.41, 5.74) is 5.59. The van der Waals surface area contributed by atoms with E-state index in [-0.39, 0.29) is 11.7 Å². The van der Waals surface area contributed by atoms with Gasteiger partial charge in [-0.2, -0.15) is 0 Å². The molecule has 0 unspecified atom stereocenters. The molecule has 0 fully saturated rings. The van der Waals surface area contributed by atoms with Crippen LogP contribution in [-0.4, -0.2) is 30.8 Å². The van der Waals surface area contributed by atoms with Crippen LogP contribution in [0.2, 0.25) is 0 Å². The zero-order chi connectivity index (χ0) is 16.9. The lowest BCUT2D eigenvalue weighted by molar-refractivity contribution is -0.113. The number of amides is 2. The molecule has 8 heteroatoms. The highest BCUT2D eigenvalue weighted by Gasteiger charge is 2.14. The second kappa shape index (κ2) is 7.59. The van der Waals surface area contributed by atoms with E-state index in [1.807, 2.05) is 18.2 Å². The summed E-state index contributed by atoms with van der Waals surface area (Å²) in [5, 5.41) is 4.91. The van der Waals surface area contributed by atoms with Gasteiger partial charge in [0.2, 0.25) is 5.91 Å². The number of nitrogens with two attached hydrogens (primary N) is 1. The molecule has 1 aliphatic rings. The molecule has 0 saturated carbocycles. The minimum Gasteiger partial charge on any atom is -0.490 e. The van der Waals surface area contributed by atoms with E-state index < -0.39 is 5.91 Å². The van der Waals surface area contributed by atoms with Gasteiger partial charge in [0.1, 0.15) is 5.00 Å². The molecule has 1 aromatic heterocycles. The summed E-state index contributed by atoms with van der Waals surface area (Å²) >= 11 is 2.66. The minimum absolute atomic E-state index is 0.197. The number of carbonyl (C=O) groups excluding carboxylic acids is 2. The predicted octanol–water partition coefficient (Wildman–Crippen LogP) is 2.74. The van der Waals surface area contributed by atoms with E-state index in [1.54, 1.807) is 11.4 Å². The van der Waals surface area contributed by atoms with Crippen LogP contribution in [-0.2, 0) is 4.79 Å². The Hall–Kier alpha value is -2.19. The first kappa shape index (κ1) is 16.7. The third-order valence-electron chi connectivity index (χ3n) is 3.27. The Labute approximate surface area is 147 Å². The number of benzene rings is 1. The van der Waals surface area contributed by atoms with Crippen LogP contribution in [0.5, 0.6) is 11.5 Å². The molecule has 6 nitrogen and oxygen atoms in total. The topological polar surface area (TPSA) is 90.7 Å². The number of ether oxygens (including phenoxy) is 2. The van der Waals surface area contributed by atoms with Crippen LogP contribution in [0, 0.1) is 0 Å². The maximum absolute atomic E-state index is 12.1. The molecule has 3 N–H and O–H groups in total. The van der Waals surface area contributed by atoms with Crippen molar-refractivity contribution in [2.75, 3.05) is 24.3 Å². The Morgan fingerprint density at radius 2 is 2.00 bits per heavy atom. The van der Waals surface area contributed by atoms with Gasteiger partial charge in [0.15, 0.2) is 11.5 Å². The first-order chi connectivity index (χ1) is 11.6. The second-order valence-electron chi connectivity index (χ2n) is 5.02. The maximum atomic E-state index is 12.1. The van der Waals surface area contributed by atoms with Crippen molar-refractivity contribution >= 4 is 39.9 Å². The molecule has 24 heavy (non-hydrogen) atoms. The van der Waals surface area contributed by atoms with Crippen LogP contribution in [0.1, 0.15) is 16.8 Å². The Bertz CT molecular complexity index is 760. The van der Waals surface area contributed by atoms with Gasteiger partial charge < -0.3 is 20.5 Å². The summed E-state index contributed by atoms with van der Waals surface area (Å²) < 4.78 is 11.2. The van der Waals surface area contributed by atoms with Crippen LogP contribution in [0.25, 0.3) is 0 Å². The van der Waals surface area contributed by atoms with Gasteiger partial charge in [0, 0.05) is 11.3 Å². The number of carbonyl (C=O) groups is 2. The third-order valence-corrected chi connectivity index (χ3v) is 5.10. The quantitative estimate of drug-likeness (QED) is 0.796. The van der Waals surface area contributed by atoms with E-state index in [1.165, 1.54) is 23.1 Å². The number of anilines is 1. The largest absolute Gasteiger partial charge is 0.490 e. The molecule has 2 heterocycles. The molecule has 0 radical (unpaired) electrons. The van der Waals surface area contributed by atoms with E-state index >= 15 is 0 Å². The number of fused-ring (bicyclic) bond motifs is 1. The van der Waals surface area contributed by atoms with Crippen molar-refractivity contribution < 1.29 is 19.1 Å². The maximum Gasteiger partial charge on any atom is 0.251 e. The van der Waals surface area contributed by atoms with Crippen molar-refractivity contribution in [2.45, 2.75) is 11.3 Å². The van der Waals surface area contributed by atoms with Gasteiger partial charge in [-0.25, -0.2) is 0 Å². The molecule has 3 rings (SSSR count). The number of nitrogens with one attached hydrogen (secondary N) is 1.